The topological polar surface area (TPSA) is 33.3 Å². The van der Waals surface area contributed by atoms with Gasteiger partial charge in [-0.15, -0.1) is 0 Å². The fourth-order valence-corrected chi connectivity index (χ4v) is 1.64. The van der Waals surface area contributed by atoms with E-state index in [0.717, 1.165) is 32.2 Å². The van der Waals surface area contributed by atoms with Crippen LogP contribution in [0.2, 0.25) is 0 Å². The second-order valence-corrected chi connectivity index (χ2v) is 4.10. The second-order valence-electron chi connectivity index (χ2n) is 4.10. The molecule has 3 heteroatoms. The maximum atomic E-state index is 4.95. The fourth-order valence-electron chi connectivity index (χ4n) is 1.64. The van der Waals surface area contributed by atoms with Gasteiger partial charge in [0.25, 0.3) is 0 Å². The lowest BCUT2D eigenvalue weighted by Crippen LogP contribution is -2.30. The first-order chi connectivity index (χ1) is 6.93. The molecule has 1 saturated carbocycles. The number of methoxy groups -OCH3 is 1. The number of rotatable bonds is 9. The van der Waals surface area contributed by atoms with Crippen LogP contribution in [0, 0.1) is 5.92 Å². The van der Waals surface area contributed by atoms with Gasteiger partial charge in [-0.25, -0.2) is 0 Å². The number of nitrogens with one attached hydrogen (secondary N) is 2. The first kappa shape index (κ1) is 12.0. The van der Waals surface area contributed by atoms with E-state index in [4.69, 9.17) is 4.74 Å². The van der Waals surface area contributed by atoms with Crippen LogP contribution in [-0.4, -0.2) is 39.9 Å². The van der Waals surface area contributed by atoms with Crippen molar-refractivity contribution in [1.82, 2.24) is 10.6 Å². The molecule has 1 fully saturated rings. The summed E-state index contributed by atoms with van der Waals surface area (Å²) in [7, 11) is 1.74. The number of hydrogen-bond donors (Lipinski definition) is 2. The Balaban J connectivity index is 1.67. The molecule has 0 radical (unpaired) electrons. The van der Waals surface area contributed by atoms with E-state index in [1.165, 1.54) is 32.2 Å². The molecule has 3 nitrogen and oxygen atoms in total. The Morgan fingerprint density at radius 2 is 1.93 bits per heavy atom. The van der Waals surface area contributed by atoms with E-state index in [-0.39, 0.29) is 0 Å². The lowest BCUT2D eigenvalue weighted by Gasteiger charge is -2.25. The third kappa shape index (κ3) is 5.58. The number of ether oxygens (including phenoxy) is 1. The molecule has 1 rings (SSSR count). The Kier molecular flexibility index (Phi) is 7.01. The Morgan fingerprint density at radius 1 is 1.14 bits per heavy atom. The van der Waals surface area contributed by atoms with E-state index in [2.05, 4.69) is 10.6 Å². The molecule has 0 saturated heterocycles. The molecule has 0 heterocycles. The largest absolute Gasteiger partial charge is 0.383 e. The van der Waals surface area contributed by atoms with Crippen LogP contribution in [0.4, 0.5) is 0 Å². The van der Waals surface area contributed by atoms with Gasteiger partial charge in [0.2, 0.25) is 0 Å². The van der Waals surface area contributed by atoms with Gasteiger partial charge in [0.05, 0.1) is 6.61 Å². The van der Waals surface area contributed by atoms with E-state index >= 15 is 0 Å². The maximum Gasteiger partial charge on any atom is 0.0587 e. The van der Waals surface area contributed by atoms with Crippen LogP contribution in [0.25, 0.3) is 0 Å². The van der Waals surface area contributed by atoms with Crippen LogP contribution in [0.3, 0.4) is 0 Å². The second kappa shape index (κ2) is 8.21. The highest BCUT2D eigenvalue weighted by molar-refractivity contribution is 4.71. The Morgan fingerprint density at radius 3 is 2.57 bits per heavy atom. The van der Waals surface area contributed by atoms with E-state index < -0.39 is 0 Å². The summed E-state index contributed by atoms with van der Waals surface area (Å²) in [6, 6.07) is 0. The molecule has 0 atom stereocenters. The average Bonchev–Trinajstić information content (AvgIpc) is 2.13. The maximum absolute atomic E-state index is 4.95. The standard InChI is InChI=1S/C11H24N2O/c1-14-9-8-12-6-3-7-13-10-11-4-2-5-11/h11-13H,2-10H2,1H3. The van der Waals surface area contributed by atoms with Crippen molar-refractivity contribution in [3.05, 3.63) is 0 Å². The molecule has 0 aromatic carbocycles. The molecule has 0 amide bonds. The van der Waals surface area contributed by atoms with Gasteiger partial charge in [-0.1, -0.05) is 6.42 Å². The minimum absolute atomic E-state index is 0.815. The summed E-state index contributed by atoms with van der Waals surface area (Å²) in [5.74, 6) is 0.983. The van der Waals surface area contributed by atoms with Gasteiger partial charge in [0, 0.05) is 13.7 Å². The quantitative estimate of drug-likeness (QED) is 0.545. The minimum Gasteiger partial charge on any atom is -0.383 e. The summed E-state index contributed by atoms with van der Waals surface area (Å²) in [5.41, 5.74) is 0. The van der Waals surface area contributed by atoms with Crippen LogP contribution >= 0.6 is 0 Å². The summed E-state index contributed by atoms with van der Waals surface area (Å²) in [5, 5.41) is 6.84. The summed E-state index contributed by atoms with van der Waals surface area (Å²) in [6.07, 6.45) is 5.56. The van der Waals surface area contributed by atoms with Crippen LogP contribution < -0.4 is 10.6 Å². The van der Waals surface area contributed by atoms with Gasteiger partial charge < -0.3 is 15.4 Å². The normalized spacial score (nSPS) is 16.9. The Labute approximate surface area is 87.6 Å². The van der Waals surface area contributed by atoms with Crippen molar-refractivity contribution in [2.24, 2.45) is 5.92 Å². The molecule has 84 valence electrons. The third-order valence-corrected chi connectivity index (χ3v) is 2.85. The molecular weight excluding hydrogens is 176 g/mol. The molecule has 0 bridgehead atoms. The molecule has 0 aliphatic heterocycles. The van der Waals surface area contributed by atoms with E-state index in [1.54, 1.807) is 7.11 Å². The Hall–Kier alpha value is -0.120. The minimum atomic E-state index is 0.815. The van der Waals surface area contributed by atoms with E-state index in [0.29, 0.717) is 0 Å². The van der Waals surface area contributed by atoms with Gasteiger partial charge in [-0.05, 0) is 44.8 Å². The molecule has 0 aromatic rings. The van der Waals surface area contributed by atoms with Crippen molar-refractivity contribution in [1.29, 1.82) is 0 Å². The molecule has 1 aliphatic rings. The fraction of sp³-hybridized carbons (Fsp3) is 1.00. The van der Waals surface area contributed by atoms with Crippen LogP contribution in [0.5, 0.6) is 0 Å². The Bertz CT molecular complexity index is 126. The first-order valence-corrected chi connectivity index (χ1v) is 5.84. The molecule has 2 N–H and O–H groups in total. The average molecular weight is 200 g/mol. The zero-order valence-electron chi connectivity index (χ0n) is 9.35. The highest BCUT2D eigenvalue weighted by atomic mass is 16.5. The molecule has 0 aromatic heterocycles. The third-order valence-electron chi connectivity index (χ3n) is 2.85. The van der Waals surface area contributed by atoms with Crippen LogP contribution in [0.1, 0.15) is 25.7 Å². The zero-order valence-corrected chi connectivity index (χ0v) is 9.35. The van der Waals surface area contributed by atoms with Crippen molar-refractivity contribution in [2.45, 2.75) is 25.7 Å². The van der Waals surface area contributed by atoms with Crippen molar-refractivity contribution >= 4 is 0 Å². The van der Waals surface area contributed by atoms with Gasteiger partial charge in [0.1, 0.15) is 0 Å². The summed E-state index contributed by atoms with van der Waals surface area (Å²) in [4.78, 5) is 0. The van der Waals surface area contributed by atoms with Crippen LogP contribution in [-0.2, 0) is 4.74 Å². The number of hydrogen-bond acceptors (Lipinski definition) is 3. The lowest BCUT2D eigenvalue weighted by molar-refractivity contribution is 0.199. The van der Waals surface area contributed by atoms with Crippen molar-refractivity contribution < 1.29 is 4.74 Å². The summed E-state index contributed by atoms with van der Waals surface area (Å²) in [6.45, 7) is 5.27. The predicted octanol–water partition coefficient (Wildman–Crippen LogP) is 1.00. The molecule has 0 unspecified atom stereocenters. The van der Waals surface area contributed by atoms with E-state index in [1.807, 2.05) is 0 Å². The van der Waals surface area contributed by atoms with Crippen molar-refractivity contribution in [3.63, 3.8) is 0 Å². The van der Waals surface area contributed by atoms with E-state index in [9.17, 15) is 0 Å². The molecule has 14 heavy (non-hydrogen) atoms. The first-order valence-electron chi connectivity index (χ1n) is 5.84. The SMILES string of the molecule is COCCNCCCNCC1CCC1. The van der Waals surface area contributed by atoms with Crippen LogP contribution in [0.15, 0.2) is 0 Å². The highest BCUT2D eigenvalue weighted by Crippen LogP contribution is 2.24. The lowest BCUT2D eigenvalue weighted by atomic mass is 9.85. The zero-order chi connectivity index (χ0) is 10.1. The monoisotopic (exact) mass is 200 g/mol. The summed E-state index contributed by atoms with van der Waals surface area (Å²) >= 11 is 0. The van der Waals surface area contributed by atoms with Crippen molar-refractivity contribution in [2.75, 3.05) is 39.9 Å². The van der Waals surface area contributed by atoms with Gasteiger partial charge in [0.15, 0.2) is 0 Å². The van der Waals surface area contributed by atoms with Crippen molar-refractivity contribution in [3.8, 4) is 0 Å². The van der Waals surface area contributed by atoms with Gasteiger partial charge in [-0.3, -0.25) is 0 Å². The van der Waals surface area contributed by atoms with Gasteiger partial charge in [-0.2, -0.15) is 0 Å². The predicted molar refractivity (Wildman–Crippen MR) is 59.6 cm³/mol. The van der Waals surface area contributed by atoms with Gasteiger partial charge >= 0.3 is 0 Å². The summed E-state index contributed by atoms with van der Waals surface area (Å²) < 4.78 is 4.95. The molecule has 1 aliphatic carbocycles. The molecule has 0 spiro atoms. The highest BCUT2D eigenvalue weighted by Gasteiger charge is 2.15. The molecular formula is C11H24N2O. The smallest absolute Gasteiger partial charge is 0.0587 e.